The van der Waals surface area contributed by atoms with E-state index in [-0.39, 0.29) is 5.69 Å². The molecule has 3 aromatic carbocycles. The van der Waals surface area contributed by atoms with Crippen molar-refractivity contribution in [3.05, 3.63) is 94.8 Å². The number of ether oxygens (including phenoxy) is 1. The van der Waals surface area contributed by atoms with E-state index in [1.807, 2.05) is 0 Å². The number of nitrogens with one attached hydrogen (secondary N) is 1. The summed E-state index contributed by atoms with van der Waals surface area (Å²) in [6.45, 7) is 0. The number of carbonyl (C=O) groups is 2. The minimum atomic E-state index is -4.17. The summed E-state index contributed by atoms with van der Waals surface area (Å²) >= 11 is 0. The van der Waals surface area contributed by atoms with Crippen LogP contribution in [0.5, 0.6) is 0 Å². The third kappa shape index (κ3) is 5.30. The molecule has 0 radical (unpaired) electrons. The van der Waals surface area contributed by atoms with Crippen molar-refractivity contribution in [2.24, 2.45) is 0 Å². The highest BCUT2D eigenvalue weighted by atomic mass is 32.2. The Balaban J connectivity index is 1.85. The van der Waals surface area contributed by atoms with Crippen molar-refractivity contribution in [1.82, 2.24) is 0 Å². The molecule has 0 saturated carbocycles. The zero-order valence-corrected chi connectivity index (χ0v) is 17.4. The first-order chi connectivity index (χ1) is 15.2. The topological polar surface area (TPSA) is 110 Å². The Labute approximate surface area is 183 Å². The van der Waals surface area contributed by atoms with Gasteiger partial charge in [0.1, 0.15) is 5.82 Å². The molecule has 7 nitrogen and oxygen atoms in total. The molecule has 0 atom stereocenters. The number of sulfonamides is 1. The van der Waals surface area contributed by atoms with Crippen molar-refractivity contribution in [1.29, 1.82) is 0 Å². The van der Waals surface area contributed by atoms with Gasteiger partial charge in [-0.2, -0.15) is 0 Å². The minimum Gasteiger partial charge on any atom is -0.478 e. The van der Waals surface area contributed by atoms with Gasteiger partial charge in [0.25, 0.3) is 10.0 Å². The first-order valence-electron chi connectivity index (χ1n) is 9.06. The third-order valence-electron chi connectivity index (χ3n) is 4.23. The Morgan fingerprint density at radius 3 is 2.28 bits per heavy atom. The third-order valence-corrected chi connectivity index (χ3v) is 5.61. The number of carboxylic acids is 1. The number of carboxylic acid groups (broad SMARTS) is 1. The number of methoxy groups -OCH3 is 1. The predicted octanol–water partition coefficient (Wildman–Crippen LogP) is 3.51. The fourth-order valence-electron chi connectivity index (χ4n) is 2.70. The van der Waals surface area contributed by atoms with Gasteiger partial charge < -0.3 is 9.84 Å². The van der Waals surface area contributed by atoms with Crippen LogP contribution in [0.4, 0.5) is 10.1 Å². The van der Waals surface area contributed by atoms with Crippen molar-refractivity contribution in [3.8, 4) is 11.8 Å². The smallest absolute Gasteiger partial charge is 0.338 e. The summed E-state index contributed by atoms with van der Waals surface area (Å²) in [7, 11) is -2.89. The molecule has 0 unspecified atom stereocenters. The molecule has 0 spiro atoms. The van der Waals surface area contributed by atoms with Crippen LogP contribution in [-0.2, 0) is 14.8 Å². The number of hydrogen-bond acceptors (Lipinski definition) is 5. The number of hydrogen-bond donors (Lipinski definition) is 2. The molecule has 3 aromatic rings. The molecule has 162 valence electrons. The van der Waals surface area contributed by atoms with Crippen LogP contribution in [0.15, 0.2) is 71.6 Å². The van der Waals surface area contributed by atoms with E-state index in [0.717, 1.165) is 18.2 Å². The lowest BCUT2D eigenvalue weighted by molar-refractivity contribution is 0.0599. The molecule has 0 aliphatic heterocycles. The Morgan fingerprint density at radius 1 is 0.969 bits per heavy atom. The zero-order valence-electron chi connectivity index (χ0n) is 16.6. The number of esters is 1. The maximum Gasteiger partial charge on any atom is 0.338 e. The molecular formula is C23H16FNO6S. The molecule has 0 fully saturated rings. The molecule has 0 aliphatic rings. The summed E-state index contributed by atoms with van der Waals surface area (Å²) in [5.41, 5.74) is 0.828. The molecule has 0 aliphatic carbocycles. The molecule has 0 bridgehead atoms. The summed E-state index contributed by atoms with van der Waals surface area (Å²) in [5, 5.41) is 9.00. The normalized spacial score (nSPS) is 10.6. The molecule has 0 amide bonds. The fraction of sp³-hybridized carbons (Fsp3) is 0.0435. The second-order valence-corrected chi connectivity index (χ2v) is 8.14. The Kier molecular flexibility index (Phi) is 6.56. The summed E-state index contributed by atoms with van der Waals surface area (Å²) in [6.07, 6.45) is 0. The molecule has 0 saturated heterocycles. The Morgan fingerprint density at radius 2 is 1.62 bits per heavy atom. The number of benzene rings is 3. The van der Waals surface area contributed by atoms with Crippen LogP contribution >= 0.6 is 0 Å². The fourth-order valence-corrected chi connectivity index (χ4v) is 3.77. The standard InChI is InChI=1S/C23H16FNO6S/c1-31-23(28)17-6-2-4-15(12-17)8-9-16-5-3-7-18(13-16)25-32(29,30)19-10-11-21(24)20(14-19)22(26)27/h2-7,10-14,25H,1H3,(H,26,27). The first kappa shape index (κ1) is 22.5. The highest BCUT2D eigenvalue weighted by Crippen LogP contribution is 2.20. The van der Waals surface area contributed by atoms with Gasteiger partial charge >= 0.3 is 11.9 Å². The SMILES string of the molecule is COC(=O)c1cccc(C#Cc2cccc(NS(=O)(=O)c3ccc(F)c(C(=O)O)c3)c2)c1. The van der Waals surface area contributed by atoms with E-state index in [4.69, 9.17) is 5.11 Å². The monoisotopic (exact) mass is 453 g/mol. The number of halogens is 1. The summed E-state index contributed by atoms with van der Waals surface area (Å²) < 4.78 is 45.8. The lowest BCUT2D eigenvalue weighted by atomic mass is 10.1. The van der Waals surface area contributed by atoms with Gasteiger partial charge in [-0.05, 0) is 54.6 Å². The Bertz CT molecular complexity index is 1370. The largest absolute Gasteiger partial charge is 0.478 e. The van der Waals surface area contributed by atoms with Crippen LogP contribution in [0, 0.1) is 17.7 Å². The van der Waals surface area contributed by atoms with Gasteiger partial charge in [0, 0.05) is 11.1 Å². The number of anilines is 1. The van der Waals surface area contributed by atoms with Gasteiger partial charge in [0.2, 0.25) is 0 Å². The summed E-state index contributed by atoms with van der Waals surface area (Å²) in [5.74, 6) is 2.66. The highest BCUT2D eigenvalue weighted by molar-refractivity contribution is 7.92. The van der Waals surface area contributed by atoms with Crippen LogP contribution in [-0.4, -0.2) is 32.6 Å². The second kappa shape index (κ2) is 9.32. The molecule has 9 heteroatoms. The quantitative estimate of drug-likeness (QED) is 0.452. The maximum absolute atomic E-state index is 13.6. The van der Waals surface area contributed by atoms with E-state index in [2.05, 4.69) is 21.3 Å². The number of rotatable bonds is 5. The van der Waals surface area contributed by atoms with Crippen molar-refractivity contribution in [3.63, 3.8) is 0 Å². The van der Waals surface area contributed by atoms with Crippen molar-refractivity contribution in [2.75, 3.05) is 11.8 Å². The van der Waals surface area contributed by atoms with Crippen LogP contribution in [0.1, 0.15) is 31.8 Å². The zero-order chi connectivity index (χ0) is 23.3. The average Bonchev–Trinajstić information content (AvgIpc) is 2.77. The van der Waals surface area contributed by atoms with E-state index in [1.165, 1.54) is 19.2 Å². The number of aromatic carboxylic acids is 1. The van der Waals surface area contributed by atoms with E-state index >= 15 is 0 Å². The van der Waals surface area contributed by atoms with Crippen LogP contribution < -0.4 is 4.72 Å². The van der Waals surface area contributed by atoms with Gasteiger partial charge in [-0.25, -0.2) is 22.4 Å². The number of carbonyl (C=O) groups excluding carboxylic acids is 1. The maximum atomic E-state index is 13.6. The van der Waals surface area contributed by atoms with E-state index in [9.17, 15) is 22.4 Å². The van der Waals surface area contributed by atoms with Crippen molar-refractivity contribution >= 4 is 27.6 Å². The van der Waals surface area contributed by atoms with Gasteiger partial charge in [-0.1, -0.05) is 24.0 Å². The van der Waals surface area contributed by atoms with E-state index in [0.29, 0.717) is 16.7 Å². The van der Waals surface area contributed by atoms with Crippen molar-refractivity contribution in [2.45, 2.75) is 4.90 Å². The van der Waals surface area contributed by atoms with Crippen LogP contribution in [0.3, 0.4) is 0 Å². The Hall–Kier alpha value is -4.16. The highest BCUT2D eigenvalue weighted by Gasteiger charge is 2.19. The molecule has 0 aromatic heterocycles. The van der Waals surface area contributed by atoms with Gasteiger partial charge in [-0.15, -0.1) is 0 Å². The first-order valence-corrected chi connectivity index (χ1v) is 10.5. The van der Waals surface area contributed by atoms with Crippen LogP contribution in [0.25, 0.3) is 0 Å². The van der Waals surface area contributed by atoms with E-state index in [1.54, 1.807) is 36.4 Å². The minimum absolute atomic E-state index is 0.182. The van der Waals surface area contributed by atoms with Gasteiger partial charge in [-0.3, -0.25) is 4.72 Å². The van der Waals surface area contributed by atoms with Gasteiger partial charge in [0.05, 0.1) is 28.8 Å². The molecular weight excluding hydrogens is 437 g/mol. The van der Waals surface area contributed by atoms with Gasteiger partial charge in [0.15, 0.2) is 0 Å². The molecule has 32 heavy (non-hydrogen) atoms. The molecule has 2 N–H and O–H groups in total. The average molecular weight is 453 g/mol. The molecule has 3 rings (SSSR count). The predicted molar refractivity (Wildman–Crippen MR) is 114 cm³/mol. The lowest BCUT2D eigenvalue weighted by Gasteiger charge is -2.09. The van der Waals surface area contributed by atoms with E-state index < -0.39 is 38.2 Å². The van der Waals surface area contributed by atoms with Crippen LogP contribution in [0.2, 0.25) is 0 Å². The molecule has 0 heterocycles. The second-order valence-electron chi connectivity index (χ2n) is 6.46. The summed E-state index contributed by atoms with van der Waals surface area (Å²) in [6, 6.07) is 15.3. The summed E-state index contributed by atoms with van der Waals surface area (Å²) in [4.78, 5) is 22.3. The lowest BCUT2D eigenvalue weighted by Crippen LogP contribution is -2.14. The van der Waals surface area contributed by atoms with Crippen molar-refractivity contribution < 1.29 is 32.2 Å².